The summed E-state index contributed by atoms with van der Waals surface area (Å²) in [5, 5.41) is -0.141. The molecule has 0 unspecified atom stereocenters. The molecule has 0 fully saturated rings. The van der Waals surface area contributed by atoms with Gasteiger partial charge >= 0.3 is 0 Å². The Morgan fingerprint density at radius 2 is 1.94 bits per heavy atom. The Hall–Kier alpha value is -0.670. The Morgan fingerprint density at radius 3 is 2.50 bits per heavy atom. The molecule has 0 aromatic carbocycles. The maximum Gasteiger partial charge on any atom is 0.274 e. The minimum Gasteiger partial charge on any atom is -0.262 e. The van der Waals surface area contributed by atoms with Crippen molar-refractivity contribution in [2.24, 2.45) is 0 Å². The van der Waals surface area contributed by atoms with Crippen LogP contribution in [0.2, 0.25) is 14.9 Å². The van der Waals surface area contributed by atoms with E-state index in [-0.39, 0.29) is 24.9 Å². The molecule has 2 aromatic heterocycles. The van der Waals surface area contributed by atoms with Crippen molar-refractivity contribution in [1.82, 2.24) is 15.0 Å². The summed E-state index contributed by atoms with van der Waals surface area (Å²) in [6.07, 6.45) is 1.14. The van der Waals surface area contributed by atoms with Crippen LogP contribution < -0.4 is 4.72 Å². The Balaban J connectivity index is 2.33. The van der Waals surface area contributed by atoms with Crippen molar-refractivity contribution in [2.45, 2.75) is 4.21 Å². The normalized spacial score (nSPS) is 11.5. The third kappa shape index (κ3) is 3.21. The number of hydrogen-bond acceptors (Lipinski definition) is 6. The van der Waals surface area contributed by atoms with E-state index >= 15 is 0 Å². The van der Waals surface area contributed by atoms with Crippen molar-refractivity contribution >= 4 is 62.0 Å². The van der Waals surface area contributed by atoms with Gasteiger partial charge in [0.25, 0.3) is 10.0 Å². The molecule has 6 nitrogen and oxygen atoms in total. The van der Waals surface area contributed by atoms with E-state index in [1.807, 2.05) is 0 Å². The SMILES string of the molecule is O=S(=O)(Nc1cc(Cl)nc(Cl)n1)c1cnc(Cl)s1. The molecule has 0 aliphatic heterocycles. The van der Waals surface area contributed by atoms with Crippen molar-refractivity contribution in [3.63, 3.8) is 0 Å². The maximum atomic E-state index is 11.9. The lowest BCUT2D eigenvalue weighted by molar-refractivity contribution is 0.603. The highest BCUT2D eigenvalue weighted by Gasteiger charge is 2.19. The fourth-order valence-corrected chi connectivity index (χ4v) is 3.69. The number of aromatic nitrogens is 3. The second kappa shape index (κ2) is 5.14. The van der Waals surface area contributed by atoms with Crippen LogP contribution in [0.1, 0.15) is 0 Å². The molecule has 2 aromatic rings. The highest BCUT2D eigenvalue weighted by Crippen LogP contribution is 2.25. The third-order valence-electron chi connectivity index (χ3n) is 1.63. The van der Waals surface area contributed by atoms with E-state index in [2.05, 4.69) is 19.7 Å². The van der Waals surface area contributed by atoms with Gasteiger partial charge in [0.1, 0.15) is 11.0 Å². The third-order valence-corrected chi connectivity index (χ3v) is 4.92. The van der Waals surface area contributed by atoms with Crippen LogP contribution in [0.15, 0.2) is 16.5 Å². The number of nitrogens with one attached hydrogen (secondary N) is 1. The van der Waals surface area contributed by atoms with E-state index in [9.17, 15) is 8.42 Å². The zero-order chi connectivity index (χ0) is 13.3. The van der Waals surface area contributed by atoms with Gasteiger partial charge in [0.15, 0.2) is 8.68 Å². The second-order valence-electron chi connectivity index (χ2n) is 2.88. The molecule has 0 saturated carbocycles. The van der Waals surface area contributed by atoms with Crippen LogP contribution in [-0.4, -0.2) is 23.4 Å². The molecule has 11 heteroatoms. The van der Waals surface area contributed by atoms with E-state index in [4.69, 9.17) is 34.8 Å². The smallest absolute Gasteiger partial charge is 0.262 e. The number of sulfonamides is 1. The van der Waals surface area contributed by atoms with Gasteiger partial charge in [-0.3, -0.25) is 4.72 Å². The predicted octanol–water partition coefficient (Wildman–Crippen LogP) is 2.69. The van der Waals surface area contributed by atoms with Crippen LogP contribution in [0.3, 0.4) is 0 Å². The van der Waals surface area contributed by atoms with Gasteiger partial charge < -0.3 is 0 Å². The second-order valence-corrected chi connectivity index (χ2v) is 7.13. The molecule has 18 heavy (non-hydrogen) atoms. The molecule has 0 aliphatic rings. The van der Waals surface area contributed by atoms with E-state index in [1.54, 1.807) is 0 Å². The molecule has 0 amide bonds. The van der Waals surface area contributed by atoms with Gasteiger partial charge in [-0.1, -0.05) is 34.5 Å². The largest absolute Gasteiger partial charge is 0.274 e. The van der Waals surface area contributed by atoms with Crippen molar-refractivity contribution in [1.29, 1.82) is 0 Å². The molecule has 2 heterocycles. The monoisotopic (exact) mass is 344 g/mol. The minimum absolute atomic E-state index is 0.0232. The number of nitrogens with zero attached hydrogens (tertiary/aromatic N) is 3. The van der Waals surface area contributed by atoms with Crippen LogP contribution in [0.4, 0.5) is 5.82 Å². The average molecular weight is 346 g/mol. The summed E-state index contributed by atoms with van der Waals surface area (Å²) < 4.78 is 26.1. The summed E-state index contributed by atoms with van der Waals surface area (Å²) in [4.78, 5) is 10.9. The highest BCUT2D eigenvalue weighted by atomic mass is 35.5. The first kappa shape index (κ1) is 13.8. The number of rotatable bonds is 3. The first-order valence-corrected chi connectivity index (χ1v) is 7.64. The van der Waals surface area contributed by atoms with Gasteiger partial charge in [-0.15, -0.1) is 0 Å². The van der Waals surface area contributed by atoms with Crippen LogP contribution in [0, 0.1) is 0 Å². The van der Waals surface area contributed by atoms with E-state index in [1.165, 1.54) is 6.07 Å². The van der Waals surface area contributed by atoms with Crippen molar-refractivity contribution in [3.05, 3.63) is 27.2 Å². The molecule has 96 valence electrons. The molecule has 0 atom stereocenters. The summed E-state index contributed by atoms with van der Waals surface area (Å²) in [7, 11) is -3.81. The summed E-state index contributed by atoms with van der Waals surface area (Å²) in [5.74, 6) is -0.0375. The number of anilines is 1. The highest BCUT2D eigenvalue weighted by molar-refractivity contribution is 7.94. The molecule has 0 spiro atoms. The van der Waals surface area contributed by atoms with Gasteiger partial charge in [0, 0.05) is 6.07 Å². The lowest BCUT2D eigenvalue weighted by Crippen LogP contribution is -2.12. The maximum absolute atomic E-state index is 11.9. The lowest BCUT2D eigenvalue weighted by atomic mass is 10.6. The molecule has 2 rings (SSSR count). The van der Waals surface area contributed by atoms with Crippen LogP contribution >= 0.6 is 46.1 Å². The number of hydrogen-bond donors (Lipinski definition) is 1. The average Bonchev–Trinajstić information content (AvgIpc) is 2.62. The van der Waals surface area contributed by atoms with Crippen LogP contribution in [-0.2, 0) is 10.0 Å². The van der Waals surface area contributed by atoms with Gasteiger partial charge in [-0.05, 0) is 11.6 Å². The molecule has 0 radical (unpaired) electrons. The van der Waals surface area contributed by atoms with Crippen molar-refractivity contribution in [2.75, 3.05) is 4.72 Å². The summed E-state index contributed by atoms with van der Waals surface area (Å²) in [6, 6.07) is 1.23. The lowest BCUT2D eigenvalue weighted by Gasteiger charge is -2.04. The van der Waals surface area contributed by atoms with E-state index in [0.29, 0.717) is 0 Å². The van der Waals surface area contributed by atoms with Crippen molar-refractivity contribution in [3.8, 4) is 0 Å². The predicted molar refractivity (Wildman–Crippen MR) is 70.0 cm³/mol. The molecular weight excluding hydrogens is 343 g/mol. The van der Waals surface area contributed by atoms with E-state index < -0.39 is 10.0 Å². The fraction of sp³-hybridized carbons (Fsp3) is 0. The van der Waals surface area contributed by atoms with Crippen LogP contribution in [0.25, 0.3) is 0 Å². The van der Waals surface area contributed by atoms with Gasteiger partial charge in [0.2, 0.25) is 5.28 Å². The molecule has 0 saturated heterocycles. The summed E-state index contributed by atoms with van der Waals surface area (Å²) >= 11 is 17.6. The number of thiazole rings is 1. The zero-order valence-corrected chi connectivity index (χ0v) is 12.2. The zero-order valence-electron chi connectivity index (χ0n) is 8.26. The quantitative estimate of drug-likeness (QED) is 0.683. The Bertz CT molecular complexity index is 667. The number of halogens is 3. The Morgan fingerprint density at radius 1 is 1.22 bits per heavy atom. The summed E-state index contributed by atoms with van der Waals surface area (Å²) in [5.41, 5.74) is 0. The van der Waals surface area contributed by atoms with Gasteiger partial charge in [0.05, 0.1) is 6.20 Å². The first-order chi connectivity index (χ1) is 8.37. The van der Waals surface area contributed by atoms with Crippen LogP contribution in [0.5, 0.6) is 0 Å². The van der Waals surface area contributed by atoms with Gasteiger partial charge in [-0.2, -0.15) is 4.98 Å². The van der Waals surface area contributed by atoms with E-state index in [0.717, 1.165) is 17.5 Å². The fourth-order valence-electron chi connectivity index (χ4n) is 0.994. The summed E-state index contributed by atoms with van der Waals surface area (Å²) in [6.45, 7) is 0. The molecule has 0 bridgehead atoms. The van der Waals surface area contributed by atoms with Crippen molar-refractivity contribution < 1.29 is 8.42 Å². The molecular formula is C7H3Cl3N4O2S2. The minimum atomic E-state index is -3.81. The molecule has 0 aliphatic carbocycles. The first-order valence-electron chi connectivity index (χ1n) is 4.21. The molecule has 1 N–H and O–H groups in total. The van der Waals surface area contributed by atoms with Gasteiger partial charge in [-0.25, -0.2) is 18.4 Å². The standard InChI is InChI=1S/C7H3Cl3N4O2S2/c8-3-1-4(13-6(9)12-3)14-18(15,16)5-2-11-7(10)17-5/h1-2H,(H,12,13,14). The topological polar surface area (TPSA) is 84.8 Å². The Labute approximate surface area is 121 Å². The Kier molecular flexibility index (Phi) is 3.93.